The molecular weight excluding hydrogens is 276 g/mol. The van der Waals surface area contributed by atoms with Gasteiger partial charge in [0.2, 0.25) is 0 Å². The van der Waals surface area contributed by atoms with E-state index in [1.54, 1.807) is 26.0 Å². The maximum atomic E-state index is 12.5. The second-order valence-corrected chi connectivity index (χ2v) is 6.20. The summed E-state index contributed by atoms with van der Waals surface area (Å²) in [4.78, 5) is 0.195. The van der Waals surface area contributed by atoms with Gasteiger partial charge in [0, 0.05) is 11.9 Å². The van der Waals surface area contributed by atoms with E-state index < -0.39 is 10.0 Å². The number of nitrogens with one attached hydrogen (secondary N) is 1. The zero-order valence-corrected chi connectivity index (χ0v) is 12.3. The van der Waals surface area contributed by atoms with Crippen molar-refractivity contribution in [2.24, 2.45) is 0 Å². The van der Waals surface area contributed by atoms with Crippen molar-refractivity contribution in [2.75, 3.05) is 10.5 Å². The molecule has 0 unspecified atom stereocenters. The molecule has 3 N–H and O–H groups in total. The number of benzene rings is 1. The first-order valence-electron chi connectivity index (χ1n) is 5.99. The van der Waals surface area contributed by atoms with Crippen LogP contribution in [0.3, 0.4) is 0 Å². The molecule has 0 atom stereocenters. The van der Waals surface area contributed by atoms with Crippen LogP contribution in [0.5, 0.6) is 0 Å². The van der Waals surface area contributed by atoms with Gasteiger partial charge in [0.15, 0.2) is 5.82 Å². The molecular formula is C13H16N4O2S. The van der Waals surface area contributed by atoms with Gasteiger partial charge in [-0.2, -0.15) is 5.10 Å². The molecule has 0 saturated carbocycles. The number of hydrogen-bond donors (Lipinski definition) is 2. The number of nitrogen functional groups attached to an aromatic ring is 1. The van der Waals surface area contributed by atoms with Gasteiger partial charge < -0.3 is 5.73 Å². The van der Waals surface area contributed by atoms with Crippen molar-refractivity contribution in [1.82, 2.24) is 10.2 Å². The first-order chi connectivity index (χ1) is 9.33. The standard InChI is InChI=1S/C13H16N4O2S/c1-8-7-11(14)10(3)13(9(8)2)20(18,19)17-12-5-4-6-15-16-12/h4-7H,14H2,1-3H3,(H,16,17). The molecule has 6 nitrogen and oxygen atoms in total. The topological polar surface area (TPSA) is 98.0 Å². The summed E-state index contributed by atoms with van der Waals surface area (Å²) in [7, 11) is -3.75. The zero-order chi connectivity index (χ0) is 14.9. The molecule has 0 amide bonds. The Hall–Kier alpha value is -2.15. The van der Waals surface area contributed by atoms with Gasteiger partial charge in [0.1, 0.15) is 0 Å². The van der Waals surface area contributed by atoms with Gasteiger partial charge in [0.05, 0.1) is 4.90 Å². The third kappa shape index (κ3) is 2.57. The largest absolute Gasteiger partial charge is 0.398 e. The molecule has 0 aliphatic heterocycles. The molecule has 2 aromatic rings. The molecule has 0 radical (unpaired) electrons. The minimum Gasteiger partial charge on any atom is -0.398 e. The highest BCUT2D eigenvalue weighted by Crippen LogP contribution is 2.28. The number of aryl methyl sites for hydroxylation is 1. The Morgan fingerprint density at radius 1 is 1.20 bits per heavy atom. The maximum absolute atomic E-state index is 12.5. The molecule has 20 heavy (non-hydrogen) atoms. The van der Waals surface area contributed by atoms with E-state index in [0.717, 1.165) is 5.56 Å². The minimum atomic E-state index is -3.75. The summed E-state index contributed by atoms with van der Waals surface area (Å²) in [6, 6.07) is 4.91. The third-order valence-corrected chi connectivity index (χ3v) is 4.79. The van der Waals surface area contributed by atoms with Crippen molar-refractivity contribution in [3.05, 3.63) is 41.1 Å². The van der Waals surface area contributed by atoms with Crippen LogP contribution in [0.1, 0.15) is 16.7 Å². The van der Waals surface area contributed by atoms with Crippen LogP contribution in [0.15, 0.2) is 29.3 Å². The lowest BCUT2D eigenvalue weighted by molar-refractivity contribution is 0.599. The third-order valence-electron chi connectivity index (χ3n) is 3.16. The van der Waals surface area contributed by atoms with Crippen LogP contribution < -0.4 is 10.5 Å². The Labute approximate surface area is 118 Å². The van der Waals surface area contributed by atoms with E-state index in [1.165, 1.54) is 12.3 Å². The van der Waals surface area contributed by atoms with Gasteiger partial charge in [-0.3, -0.25) is 4.72 Å². The van der Waals surface area contributed by atoms with Gasteiger partial charge in [0.25, 0.3) is 10.0 Å². The molecule has 0 bridgehead atoms. The highest BCUT2D eigenvalue weighted by molar-refractivity contribution is 7.92. The first kappa shape index (κ1) is 14.3. The van der Waals surface area contributed by atoms with Crippen molar-refractivity contribution in [2.45, 2.75) is 25.7 Å². The highest BCUT2D eigenvalue weighted by Gasteiger charge is 2.22. The molecule has 1 aromatic heterocycles. The second-order valence-electron chi connectivity index (χ2n) is 4.58. The lowest BCUT2D eigenvalue weighted by Crippen LogP contribution is -2.18. The SMILES string of the molecule is Cc1cc(N)c(C)c(S(=O)(=O)Nc2cccnn2)c1C. The maximum Gasteiger partial charge on any atom is 0.263 e. The number of hydrogen-bond acceptors (Lipinski definition) is 5. The highest BCUT2D eigenvalue weighted by atomic mass is 32.2. The van der Waals surface area contributed by atoms with Crippen LogP contribution in [0, 0.1) is 20.8 Å². The summed E-state index contributed by atoms with van der Waals surface area (Å²) in [5.74, 6) is 0.173. The van der Waals surface area contributed by atoms with Crippen LogP contribution in [-0.4, -0.2) is 18.6 Å². The Balaban J connectivity index is 2.56. The fourth-order valence-electron chi connectivity index (χ4n) is 1.99. The summed E-state index contributed by atoms with van der Waals surface area (Å²) in [5, 5.41) is 7.36. The number of nitrogens with two attached hydrogens (primary N) is 1. The van der Waals surface area contributed by atoms with Gasteiger partial charge in [-0.15, -0.1) is 5.10 Å². The number of anilines is 2. The van der Waals surface area contributed by atoms with Gasteiger partial charge in [-0.25, -0.2) is 8.42 Å². The van der Waals surface area contributed by atoms with E-state index in [9.17, 15) is 8.42 Å². The molecule has 106 valence electrons. The van der Waals surface area contributed by atoms with Crippen molar-refractivity contribution >= 4 is 21.5 Å². The molecule has 0 aliphatic carbocycles. The quantitative estimate of drug-likeness (QED) is 0.840. The van der Waals surface area contributed by atoms with Gasteiger partial charge in [-0.05, 0) is 55.7 Å². The smallest absolute Gasteiger partial charge is 0.263 e. The van der Waals surface area contributed by atoms with Crippen molar-refractivity contribution in [3.63, 3.8) is 0 Å². The number of rotatable bonds is 3. The predicted molar refractivity (Wildman–Crippen MR) is 77.9 cm³/mol. The van der Waals surface area contributed by atoms with E-state index in [-0.39, 0.29) is 10.7 Å². The summed E-state index contributed by atoms with van der Waals surface area (Å²) in [6.07, 6.45) is 1.47. The first-order valence-corrected chi connectivity index (χ1v) is 7.48. The molecule has 1 heterocycles. The second kappa shape index (κ2) is 5.09. The average molecular weight is 292 g/mol. The minimum absolute atomic E-state index is 0.173. The summed E-state index contributed by atoms with van der Waals surface area (Å²) in [5.41, 5.74) is 8.34. The monoisotopic (exact) mass is 292 g/mol. The molecule has 2 rings (SSSR count). The van der Waals surface area contributed by atoms with Crippen LogP contribution in [0.2, 0.25) is 0 Å². The molecule has 0 spiro atoms. The zero-order valence-electron chi connectivity index (χ0n) is 11.5. The summed E-state index contributed by atoms with van der Waals surface area (Å²) in [6.45, 7) is 5.27. The number of nitrogens with zero attached hydrogens (tertiary/aromatic N) is 2. The van der Waals surface area contributed by atoms with Crippen molar-refractivity contribution in [1.29, 1.82) is 0 Å². The Bertz CT molecular complexity index is 716. The lowest BCUT2D eigenvalue weighted by atomic mass is 10.1. The lowest BCUT2D eigenvalue weighted by Gasteiger charge is -2.15. The fraction of sp³-hybridized carbons (Fsp3) is 0.231. The van der Waals surface area contributed by atoms with Crippen molar-refractivity contribution in [3.8, 4) is 0 Å². The molecule has 1 aromatic carbocycles. The van der Waals surface area contributed by atoms with Crippen LogP contribution in [0.4, 0.5) is 11.5 Å². The van der Waals surface area contributed by atoms with E-state index in [1.807, 2.05) is 6.92 Å². The predicted octanol–water partition coefficient (Wildman–Crippen LogP) is 1.78. The number of sulfonamides is 1. The van der Waals surface area contributed by atoms with Crippen LogP contribution in [-0.2, 0) is 10.0 Å². The Morgan fingerprint density at radius 2 is 1.90 bits per heavy atom. The average Bonchev–Trinajstić information content (AvgIpc) is 2.37. The van der Waals surface area contributed by atoms with Crippen LogP contribution in [0.25, 0.3) is 0 Å². The van der Waals surface area contributed by atoms with E-state index in [0.29, 0.717) is 16.8 Å². The number of aromatic nitrogens is 2. The van der Waals surface area contributed by atoms with E-state index in [2.05, 4.69) is 14.9 Å². The molecule has 0 aliphatic rings. The Morgan fingerprint density at radius 3 is 2.50 bits per heavy atom. The molecule has 0 fully saturated rings. The summed E-state index contributed by atoms with van der Waals surface area (Å²) < 4.78 is 27.4. The normalized spacial score (nSPS) is 11.3. The van der Waals surface area contributed by atoms with E-state index in [4.69, 9.17) is 5.73 Å². The van der Waals surface area contributed by atoms with Crippen molar-refractivity contribution < 1.29 is 8.42 Å². The molecule has 0 saturated heterocycles. The van der Waals surface area contributed by atoms with Gasteiger partial charge in [-0.1, -0.05) is 0 Å². The van der Waals surface area contributed by atoms with E-state index >= 15 is 0 Å². The Kier molecular flexibility index (Phi) is 3.63. The van der Waals surface area contributed by atoms with Gasteiger partial charge >= 0.3 is 0 Å². The molecule has 7 heteroatoms. The fourth-order valence-corrected chi connectivity index (χ4v) is 3.56. The summed E-state index contributed by atoms with van der Waals surface area (Å²) >= 11 is 0. The van der Waals surface area contributed by atoms with Crippen LogP contribution >= 0.6 is 0 Å².